The minimum Gasteiger partial charge on any atom is -0.480 e. The number of carboxylic acid groups (broad SMARTS) is 1. The van der Waals surface area contributed by atoms with Gasteiger partial charge >= 0.3 is 5.97 Å². The minimum absolute atomic E-state index is 0.125. The average molecular weight is 338 g/mol. The van der Waals surface area contributed by atoms with E-state index in [0.717, 1.165) is 5.69 Å². The van der Waals surface area contributed by atoms with E-state index >= 15 is 0 Å². The first-order valence-corrected chi connectivity index (χ1v) is 7.25. The number of hydrogen-bond donors (Lipinski definition) is 2. The van der Waals surface area contributed by atoms with Crippen LogP contribution in [0.1, 0.15) is 16.1 Å². The van der Waals surface area contributed by atoms with Crippen LogP contribution in [0.4, 0.5) is 0 Å². The lowest BCUT2D eigenvalue weighted by molar-refractivity contribution is -0.142. The molecule has 1 aromatic heterocycles. The standard InChI is InChI=1S/C15H16ClN3O4/c1-10-13(15(22)17-5-6-23-9-14(20)21)8-18-19(10)12-4-2-3-11(16)7-12/h2-4,7-8H,5-6,9H2,1H3,(H,17,22)(H,20,21). The number of hydrogen-bond acceptors (Lipinski definition) is 4. The molecule has 122 valence electrons. The molecule has 2 N–H and O–H groups in total. The molecule has 0 unspecified atom stereocenters. The molecule has 8 heteroatoms. The third kappa shape index (κ3) is 4.54. The molecule has 2 aromatic rings. The Balaban J connectivity index is 1.98. The maximum absolute atomic E-state index is 12.1. The highest BCUT2D eigenvalue weighted by Gasteiger charge is 2.14. The van der Waals surface area contributed by atoms with E-state index < -0.39 is 5.97 Å². The summed E-state index contributed by atoms with van der Waals surface area (Å²) in [5.41, 5.74) is 1.87. The normalized spacial score (nSPS) is 10.5. The van der Waals surface area contributed by atoms with E-state index in [9.17, 15) is 9.59 Å². The van der Waals surface area contributed by atoms with Crippen LogP contribution in [0.2, 0.25) is 5.02 Å². The number of carboxylic acids is 1. The van der Waals surface area contributed by atoms with Crippen molar-refractivity contribution < 1.29 is 19.4 Å². The lowest BCUT2D eigenvalue weighted by Gasteiger charge is -2.07. The van der Waals surface area contributed by atoms with Crippen LogP contribution in [-0.4, -0.2) is 46.5 Å². The van der Waals surface area contributed by atoms with Crippen LogP contribution in [0.5, 0.6) is 0 Å². The molecule has 0 saturated carbocycles. The number of amides is 1. The van der Waals surface area contributed by atoms with Gasteiger partial charge in [-0.2, -0.15) is 5.10 Å². The largest absolute Gasteiger partial charge is 0.480 e. The van der Waals surface area contributed by atoms with Crippen molar-refractivity contribution in [2.24, 2.45) is 0 Å². The van der Waals surface area contributed by atoms with Crippen LogP contribution in [0.25, 0.3) is 5.69 Å². The molecule has 0 aliphatic heterocycles. The summed E-state index contributed by atoms with van der Waals surface area (Å²) in [6.45, 7) is 1.73. The number of rotatable bonds is 7. The van der Waals surface area contributed by atoms with Gasteiger partial charge in [-0.3, -0.25) is 4.79 Å². The summed E-state index contributed by atoms with van der Waals surface area (Å²) in [6, 6.07) is 7.16. The Kier molecular flexibility index (Phi) is 5.72. The topological polar surface area (TPSA) is 93.4 Å². The summed E-state index contributed by atoms with van der Waals surface area (Å²) < 4.78 is 6.48. The zero-order valence-electron chi connectivity index (χ0n) is 12.5. The van der Waals surface area contributed by atoms with Crippen LogP contribution in [-0.2, 0) is 9.53 Å². The summed E-state index contributed by atoms with van der Waals surface area (Å²) in [5, 5.41) is 15.9. The van der Waals surface area contributed by atoms with Gasteiger partial charge in [0.15, 0.2) is 0 Å². The van der Waals surface area contributed by atoms with Crippen molar-refractivity contribution in [3.05, 3.63) is 46.7 Å². The summed E-state index contributed by atoms with van der Waals surface area (Å²) in [4.78, 5) is 22.4. The summed E-state index contributed by atoms with van der Waals surface area (Å²) in [6.07, 6.45) is 1.48. The van der Waals surface area contributed by atoms with E-state index in [1.807, 2.05) is 6.07 Å². The molecule has 1 aromatic carbocycles. The lowest BCUT2D eigenvalue weighted by Crippen LogP contribution is -2.28. The third-order valence-corrected chi connectivity index (χ3v) is 3.30. The van der Waals surface area contributed by atoms with Crippen molar-refractivity contribution in [2.45, 2.75) is 6.92 Å². The fraction of sp³-hybridized carbons (Fsp3) is 0.267. The van der Waals surface area contributed by atoms with E-state index in [0.29, 0.717) is 16.3 Å². The highest BCUT2D eigenvalue weighted by atomic mass is 35.5. The van der Waals surface area contributed by atoms with Gasteiger partial charge in [0.1, 0.15) is 6.61 Å². The number of halogens is 1. The number of benzene rings is 1. The predicted molar refractivity (Wildman–Crippen MR) is 84.1 cm³/mol. The van der Waals surface area contributed by atoms with Crippen molar-refractivity contribution in [2.75, 3.05) is 19.8 Å². The summed E-state index contributed by atoms with van der Waals surface area (Å²) in [5.74, 6) is -1.34. The Morgan fingerprint density at radius 1 is 1.43 bits per heavy atom. The molecule has 0 atom stereocenters. The van der Waals surface area contributed by atoms with E-state index in [-0.39, 0.29) is 25.7 Å². The molecule has 0 aliphatic rings. The van der Waals surface area contributed by atoms with E-state index in [4.69, 9.17) is 21.4 Å². The molecule has 23 heavy (non-hydrogen) atoms. The first-order valence-electron chi connectivity index (χ1n) is 6.87. The lowest BCUT2D eigenvalue weighted by atomic mass is 10.2. The smallest absolute Gasteiger partial charge is 0.329 e. The molecule has 0 radical (unpaired) electrons. The van der Waals surface area contributed by atoms with Crippen LogP contribution in [0, 0.1) is 6.92 Å². The molecule has 1 heterocycles. The number of nitrogens with zero attached hydrogens (tertiary/aromatic N) is 2. The summed E-state index contributed by atoms with van der Waals surface area (Å²) in [7, 11) is 0. The second-order valence-corrected chi connectivity index (χ2v) is 5.17. The van der Waals surface area contributed by atoms with Gasteiger partial charge in [-0.25, -0.2) is 9.48 Å². The molecule has 0 spiro atoms. The number of carbonyl (C=O) groups is 2. The van der Waals surface area contributed by atoms with Crippen molar-refractivity contribution in [3.63, 3.8) is 0 Å². The fourth-order valence-electron chi connectivity index (χ4n) is 1.99. The summed E-state index contributed by atoms with van der Waals surface area (Å²) >= 11 is 5.96. The fourth-order valence-corrected chi connectivity index (χ4v) is 2.18. The van der Waals surface area contributed by atoms with Crippen LogP contribution in [0.3, 0.4) is 0 Å². The molecular formula is C15H16ClN3O4. The second kappa shape index (κ2) is 7.75. The predicted octanol–water partition coefficient (Wildman–Crippen LogP) is 1.67. The van der Waals surface area contributed by atoms with E-state index in [1.165, 1.54) is 6.20 Å². The Hall–Kier alpha value is -2.38. The van der Waals surface area contributed by atoms with Crippen molar-refractivity contribution in [3.8, 4) is 5.69 Å². The van der Waals surface area contributed by atoms with Crippen molar-refractivity contribution >= 4 is 23.5 Å². The average Bonchev–Trinajstić information content (AvgIpc) is 2.88. The number of aliphatic carboxylic acids is 1. The highest BCUT2D eigenvalue weighted by Crippen LogP contribution is 2.17. The van der Waals surface area contributed by atoms with Gasteiger partial charge in [0.2, 0.25) is 0 Å². The van der Waals surface area contributed by atoms with Gasteiger partial charge in [-0.15, -0.1) is 0 Å². The van der Waals surface area contributed by atoms with Gasteiger partial charge in [0.05, 0.1) is 29.7 Å². The van der Waals surface area contributed by atoms with Crippen LogP contribution < -0.4 is 5.32 Å². The van der Waals surface area contributed by atoms with Gasteiger partial charge in [0.25, 0.3) is 5.91 Å². The van der Waals surface area contributed by atoms with Gasteiger partial charge in [-0.1, -0.05) is 17.7 Å². The Morgan fingerprint density at radius 3 is 2.91 bits per heavy atom. The maximum atomic E-state index is 12.1. The number of nitrogens with one attached hydrogen (secondary N) is 1. The molecule has 0 saturated heterocycles. The van der Waals surface area contributed by atoms with Crippen molar-refractivity contribution in [1.82, 2.24) is 15.1 Å². The number of carbonyl (C=O) groups excluding carboxylic acids is 1. The minimum atomic E-state index is -1.05. The Labute approximate surface area is 137 Å². The number of ether oxygens (including phenoxy) is 1. The zero-order valence-corrected chi connectivity index (χ0v) is 13.2. The molecule has 1 amide bonds. The third-order valence-electron chi connectivity index (χ3n) is 3.06. The van der Waals surface area contributed by atoms with E-state index in [2.05, 4.69) is 10.4 Å². The SMILES string of the molecule is Cc1c(C(=O)NCCOCC(=O)O)cnn1-c1cccc(Cl)c1. The van der Waals surface area contributed by atoms with Gasteiger partial charge in [0, 0.05) is 11.6 Å². The molecule has 7 nitrogen and oxygen atoms in total. The molecule has 0 aliphatic carbocycles. The maximum Gasteiger partial charge on any atom is 0.329 e. The first-order chi connectivity index (χ1) is 11.0. The second-order valence-electron chi connectivity index (χ2n) is 4.74. The zero-order chi connectivity index (χ0) is 16.8. The van der Waals surface area contributed by atoms with Crippen LogP contribution in [0.15, 0.2) is 30.5 Å². The number of aromatic nitrogens is 2. The molecule has 0 bridgehead atoms. The van der Waals surface area contributed by atoms with Gasteiger partial charge in [-0.05, 0) is 25.1 Å². The Morgan fingerprint density at radius 2 is 2.22 bits per heavy atom. The molecule has 0 fully saturated rings. The van der Waals surface area contributed by atoms with Gasteiger partial charge < -0.3 is 15.2 Å². The van der Waals surface area contributed by atoms with Crippen molar-refractivity contribution in [1.29, 1.82) is 0 Å². The van der Waals surface area contributed by atoms with Crippen LogP contribution >= 0.6 is 11.6 Å². The molecule has 2 rings (SSSR count). The van der Waals surface area contributed by atoms with E-state index in [1.54, 1.807) is 29.8 Å². The first kappa shape index (κ1) is 17.0. The monoisotopic (exact) mass is 337 g/mol. The quantitative estimate of drug-likeness (QED) is 0.749. The molecular weight excluding hydrogens is 322 g/mol. The highest BCUT2D eigenvalue weighted by molar-refractivity contribution is 6.30. The Bertz CT molecular complexity index is 714.